The number of hydrogen-bond donors (Lipinski definition) is 1. The maximum absolute atomic E-state index is 12.3. The zero-order chi connectivity index (χ0) is 16.4. The summed E-state index contributed by atoms with van der Waals surface area (Å²) in [6.07, 6.45) is 0.351. The molecule has 0 bridgehead atoms. The van der Waals surface area contributed by atoms with Crippen molar-refractivity contribution in [3.8, 4) is 0 Å². The average molecular weight is 320 g/mol. The van der Waals surface area contributed by atoms with Crippen molar-refractivity contribution < 1.29 is 14.4 Å². The minimum absolute atomic E-state index is 0.00444. The SMILES string of the molecule is Cc1cc(C[C@@H]2CN(C(=O)CCn3nnnc3C)C[C@@H]2O)on1. The van der Waals surface area contributed by atoms with Gasteiger partial charge in [-0.25, -0.2) is 4.68 Å². The van der Waals surface area contributed by atoms with E-state index >= 15 is 0 Å². The van der Waals surface area contributed by atoms with Gasteiger partial charge in [0.1, 0.15) is 11.6 Å². The lowest BCUT2D eigenvalue weighted by molar-refractivity contribution is -0.130. The van der Waals surface area contributed by atoms with Crippen LogP contribution in [0.4, 0.5) is 0 Å². The molecule has 0 spiro atoms. The molecule has 0 aromatic carbocycles. The van der Waals surface area contributed by atoms with Gasteiger partial charge in [0.15, 0.2) is 0 Å². The molecule has 124 valence electrons. The Morgan fingerprint density at radius 3 is 2.91 bits per heavy atom. The first kappa shape index (κ1) is 15.6. The van der Waals surface area contributed by atoms with Crippen LogP contribution in [0.2, 0.25) is 0 Å². The van der Waals surface area contributed by atoms with Gasteiger partial charge < -0.3 is 14.5 Å². The molecule has 2 aromatic rings. The van der Waals surface area contributed by atoms with Gasteiger partial charge in [-0.3, -0.25) is 4.79 Å². The molecule has 0 radical (unpaired) electrons. The maximum atomic E-state index is 12.3. The van der Waals surface area contributed by atoms with Crippen LogP contribution in [0, 0.1) is 19.8 Å². The zero-order valence-electron chi connectivity index (χ0n) is 13.2. The fourth-order valence-corrected chi connectivity index (χ4v) is 2.84. The van der Waals surface area contributed by atoms with Gasteiger partial charge in [0, 0.05) is 37.9 Å². The highest BCUT2D eigenvalue weighted by molar-refractivity contribution is 5.76. The lowest BCUT2D eigenvalue weighted by Crippen LogP contribution is -2.30. The number of rotatable bonds is 5. The summed E-state index contributed by atoms with van der Waals surface area (Å²) in [7, 11) is 0. The van der Waals surface area contributed by atoms with Crippen molar-refractivity contribution >= 4 is 5.91 Å². The molecular weight excluding hydrogens is 300 g/mol. The smallest absolute Gasteiger partial charge is 0.224 e. The molecule has 0 saturated carbocycles. The molecule has 2 aromatic heterocycles. The van der Waals surface area contributed by atoms with E-state index in [1.165, 1.54) is 0 Å². The predicted octanol–water partition coefficient (Wildman–Crippen LogP) is -0.270. The number of nitrogens with zero attached hydrogens (tertiary/aromatic N) is 6. The third-order valence-electron chi connectivity index (χ3n) is 4.15. The van der Waals surface area contributed by atoms with Crippen molar-refractivity contribution in [3.05, 3.63) is 23.3 Å². The van der Waals surface area contributed by atoms with Crippen molar-refractivity contribution in [2.45, 2.75) is 39.3 Å². The Labute approximate surface area is 133 Å². The molecular formula is C14H20N6O3. The van der Waals surface area contributed by atoms with Crippen LogP contribution in [-0.4, -0.2) is 60.5 Å². The Morgan fingerprint density at radius 2 is 2.26 bits per heavy atom. The predicted molar refractivity (Wildman–Crippen MR) is 78.2 cm³/mol. The third kappa shape index (κ3) is 3.55. The van der Waals surface area contributed by atoms with Crippen molar-refractivity contribution in [2.75, 3.05) is 13.1 Å². The number of aliphatic hydroxyl groups is 1. The molecule has 9 nitrogen and oxygen atoms in total. The van der Waals surface area contributed by atoms with E-state index in [9.17, 15) is 9.90 Å². The van der Waals surface area contributed by atoms with E-state index in [-0.39, 0.29) is 11.8 Å². The summed E-state index contributed by atoms with van der Waals surface area (Å²) >= 11 is 0. The number of aryl methyl sites for hydroxylation is 3. The minimum Gasteiger partial charge on any atom is -0.391 e. The standard InChI is InChI=1S/C14H20N6O3/c1-9-5-12(23-16-9)6-11-7-19(8-13(11)21)14(22)3-4-20-10(2)15-17-18-20/h5,11,13,21H,3-4,6-8H2,1-2H3/t11-,13+/m1/s1. The first-order chi connectivity index (χ1) is 11.0. The molecule has 0 aliphatic carbocycles. The van der Waals surface area contributed by atoms with Crippen LogP contribution in [0.25, 0.3) is 0 Å². The van der Waals surface area contributed by atoms with Gasteiger partial charge >= 0.3 is 0 Å². The van der Waals surface area contributed by atoms with Crippen LogP contribution in [0.1, 0.15) is 23.7 Å². The molecule has 23 heavy (non-hydrogen) atoms. The number of aliphatic hydroxyl groups excluding tert-OH is 1. The highest BCUT2D eigenvalue weighted by Crippen LogP contribution is 2.22. The molecule has 1 aliphatic heterocycles. The van der Waals surface area contributed by atoms with Gasteiger partial charge in [-0.2, -0.15) is 0 Å². The molecule has 1 saturated heterocycles. The monoisotopic (exact) mass is 320 g/mol. The number of hydrogen-bond acceptors (Lipinski definition) is 7. The van der Waals surface area contributed by atoms with E-state index in [0.29, 0.717) is 38.3 Å². The second kappa shape index (κ2) is 6.45. The molecule has 9 heteroatoms. The number of carbonyl (C=O) groups excluding carboxylic acids is 1. The normalized spacial score (nSPS) is 21.1. The van der Waals surface area contributed by atoms with E-state index in [4.69, 9.17) is 4.52 Å². The summed E-state index contributed by atoms with van der Waals surface area (Å²) in [6, 6.07) is 1.86. The molecule has 1 aliphatic rings. The van der Waals surface area contributed by atoms with Crippen LogP contribution in [-0.2, 0) is 17.8 Å². The largest absolute Gasteiger partial charge is 0.391 e. The molecule has 1 N–H and O–H groups in total. The third-order valence-corrected chi connectivity index (χ3v) is 4.15. The van der Waals surface area contributed by atoms with Crippen LogP contribution in [0.15, 0.2) is 10.6 Å². The number of amides is 1. The van der Waals surface area contributed by atoms with E-state index in [1.54, 1.807) is 16.5 Å². The van der Waals surface area contributed by atoms with Gasteiger partial charge in [0.05, 0.1) is 18.3 Å². The number of aromatic nitrogens is 5. The molecule has 3 heterocycles. The molecule has 2 atom stereocenters. The van der Waals surface area contributed by atoms with E-state index < -0.39 is 6.10 Å². The number of tetrazole rings is 1. The fourth-order valence-electron chi connectivity index (χ4n) is 2.84. The highest BCUT2D eigenvalue weighted by Gasteiger charge is 2.34. The topological polar surface area (TPSA) is 110 Å². The van der Waals surface area contributed by atoms with Crippen molar-refractivity contribution in [1.82, 2.24) is 30.3 Å². The number of carbonyl (C=O) groups is 1. The minimum atomic E-state index is -0.542. The first-order valence-electron chi connectivity index (χ1n) is 7.63. The fraction of sp³-hybridized carbons (Fsp3) is 0.643. The summed E-state index contributed by atoms with van der Waals surface area (Å²) in [5.74, 6) is 1.39. The van der Waals surface area contributed by atoms with Gasteiger partial charge in [-0.1, -0.05) is 5.16 Å². The van der Waals surface area contributed by atoms with Crippen molar-refractivity contribution in [2.24, 2.45) is 5.92 Å². The Balaban J connectivity index is 1.53. The van der Waals surface area contributed by atoms with Crippen LogP contribution in [0.5, 0.6) is 0 Å². The summed E-state index contributed by atoms with van der Waals surface area (Å²) in [5.41, 5.74) is 0.817. The second-order valence-electron chi connectivity index (χ2n) is 5.96. The van der Waals surface area contributed by atoms with Crippen molar-refractivity contribution in [3.63, 3.8) is 0 Å². The van der Waals surface area contributed by atoms with Crippen LogP contribution >= 0.6 is 0 Å². The molecule has 3 rings (SSSR count). The Bertz CT molecular complexity index is 682. The molecule has 1 fully saturated rings. The summed E-state index contributed by atoms with van der Waals surface area (Å²) in [6.45, 7) is 4.96. The Kier molecular flexibility index (Phi) is 4.37. The van der Waals surface area contributed by atoms with Gasteiger partial charge in [0.25, 0.3) is 0 Å². The zero-order valence-corrected chi connectivity index (χ0v) is 13.2. The quantitative estimate of drug-likeness (QED) is 0.807. The van der Waals surface area contributed by atoms with Gasteiger partial charge in [0.2, 0.25) is 5.91 Å². The molecule has 0 unspecified atom stereocenters. The van der Waals surface area contributed by atoms with Crippen LogP contribution in [0.3, 0.4) is 0 Å². The summed E-state index contributed by atoms with van der Waals surface area (Å²) in [5, 5.41) is 25.2. The van der Waals surface area contributed by atoms with Crippen molar-refractivity contribution in [1.29, 1.82) is 0 Å². The first-order valence-corrected chi connectivity index (χ1v) is 7.63. The highest BCUT2D eigenvalue weighted by atomic mass is 16.5. The summed E-state index contributed by atoms with van der Waals surface area (Å²) in [4.78, 5) is 14.0. The van der Waals surface area contributed by atoms with Crippen LogP contribution < -0.4 is 0 Å². The van der Waals surface area contributed by atoms with E-state index in [1.807, 2.05) is 13.0 Å². The molecule has 1 amide bonds. The summed E-state index contributed by atoms with van der Waals surface area (Å²) < 4.78 is 6.79. The number of likely N-dealkylation sites (tertiary alicyclic amines) is 1. The van der Waals surface area contributed by atoms with E-state index in [0.717, 1.165) is 11.5 Å². The van der Waals surface area contributed by atoms with Gasteiger partial charge in [-0.05, 0) is 24.3 Å². The van der Waals surface area contributed by atoms with E-state index in [2.05, 4.69) is 20.7 Å². The van der Waals surface area contributed by atoms with Gasteiger partial charge in [-0.15, -0.1) is 5.10 Å². The average Bonchev–Trinajstić information content (AvgIpc) is 3.20. The number of β-amino-alcohol motifs (C(OH)–C–C–N with tert-alkyl or cyclic N) is 1. The lowest BCUT2D eigenvalue weighted by Gasteiger charge is -2.15. The second-order valence-corrected chi connectivity index (χ2v) is 5.96. The Hall–Kier alpha value is -2.29. The maximum Gasteiger partial charge on any atom is 0.224 e. The Morgan fingerprint density at radius 1 is 1.43 bits per heavy atom. The lowest BCUT2D eigenvalue weighted by atomic mass is 10.0.